The van der Waals surface area contributed by atoms with Gasteiger partial charge >= 0.3 is 0 Å². The molecule has 0 aliphatic carbocycles. The molecule has 1 heterocycles. The van der Waals surface area contributed by atoms with E-state index in [1.54, 1.807) is 12.1 Å². The van der Waals surface area contributed by atoms with Gasteiger partial charge in [-0.15, -0.1) is 0 Å². The van der Waals surface area contributed by atoms with Crippen LogP contribution in [0.5, 0.6) is 5.75 Å². The molecule has 0 amide bonds. The zero-order chi connectivity index (χ0) is 16.4. The van der Waals surface area contributed by atoms with E-state index in [0.717, 1.165) is 17.8 Å². The lowest BCUT2D eigenvalue weighted by molar-refractivity contribution is 0.112. The van der Waals surface area contributed by atoms with Gasteiger partial charge in [-0.2, -0.15) is 5.10 Å². The summed E-state index contributed by atoms with van der Waals surface area (Å²) in [6.45, 7) is 0. The van der Waals surface area contributed by atoms with Gasteiger partial charge in [-0.1, -0.05) is 18.2 Å². The molecule has 0 bridgehead atoms. The van der Waals surface area contributed by atoms with Crippen LogP contribution in [-0.2, 0) is 0 Å². The summed E-state index contributed by atoms with van der Waals surface area (Å²) < 4.78 is 33.9. The molecule has 0 radical (unpaired) electrons. The van der Waals surface area contributed by atoms with Crippen molar-refractivity contribution in [3.63, 3.8) is 0 Å². The second-order valence-electron chi connectivity index (χ2n) is 4.80. The first-order chi connectivity index (χ1) is 11.1. The third-order valence-electron chi connectivity index (χ3n) is 3.36. The number of nitrogens with zero attached hydrogens (tertiary/aromatic N) is 2. The summed E-state index contributed by atoms with van der Waals surface area (Å²) in [5, 5.41) is 4.28. The Morgan fingerprint density at radius 2 is 1.91 bits per heavy atom. The number of hydrogen-bond donors (Lipinski definition) is 0. The molecule has 0 N–H and O–H groups in total. The van der Waals surface area contributed by atoms with Gasteiger partial charge in [0.1, 0.15) is 11.5 Å². The van der Waals surface area contributed by atoms with Gasteiger partial charge in [0.15, 0.2) is 17.9 Å². The lowest BCUT2D eigenvalue weighted by atomic mass is 10.1. The highest BCUT2D eigenvalue weighted by atomic mass is 19.1. The van der Waals surface area contributed by atoms with Gasteiger partial charge in [-0.05, 0) is 18.2 Å². The van der Waals surface area contributed by atoms with Crippen LogP contribution in [0.3, 0.4) is 0 Å². The maximum atomic E-state index is 13.9. The lowest BCUT2D eigenvalue weighted by Gasteiger charge is -2.08. The molecular weight excluding hydrogens is 302 g/mol. The number of carbonyl (C=O) groups is 1. The number of hydrogen-bond acceptors (Lipinski definition) is 3. The molecule has 3 aromatic rings. The zero-order valence-corrected chi connectivity index (χ0v) is 12.2. The smallest absolute Gasteiger partial charge is 0.168 e. The Morgan fingerprint density at radius 1 is 1.17 bits per heavy atom. The molecule has 0 saturated carbocycles. The van der Waals surface area contributed by atoms with Gasteiger partial charge in [0, 0.05) is 12.3 Å². The molecule has 116 valence electrons. The lowest BCUT2D eigenvalue weighted by Crippen LogP contribution is -1.97. The SMILES string of the molecule is COc1c(F)cc(F)cc1-c1nn(-c2ccccc2)cc1C=O. The Bertz CT molecular complexity index is 861. The van der Waals surface area contributed by atoms with Gasteiger partial charge in [0.05, 0.1) is 23.9 Å². The van der Waals surface area contributed by atoms with Crippen LogP contribution in [0.25, 0.3) is 16.9 Å². The number of aromatic nitrogens is 2. The molecule has 0 aliphatic heterocycles. The van der Waals surface area contributed by atoms with Gasteiger partial charge in [-0.3, -0.25) is 4.79 Å². The summed E-state index contributed by atoms with van der Waals surface area (Å²) in [5.41, 5.74) is 1.16. The number of ether oxygens (including phenoxy) is 1. The van der Waals surface area contributed by atoms with Crippen LogP contribution >= 0.6 is 0 Å². The second kappa shape index (κ2) is 6.00. The van der Waals surface area contributed by atoms with Crippen molar-refractivity contribution in [1.82, 2.24) is 9.78 Å². The number of aldehydes is 1. The molecule has 6 heteroatoms. The summed E-state index contributed by atoms with van der Waals surface area (Å²) in [6.07, 6.45) is 2.09. The first-order valence-corrected chi connectivity index (χ1v) is 6.77. The van der Waals surface area contributed by atoms with Crippen LogP contribution in [0.15, 0.2) is 48.7 Å². The monoisotopic (exact) mass is 314 g/mol. The van der Waals surface area contributed by atoms with E-state index >= 15 is 0 Å². The molecule has 2 aromatic carbocycles. The van der Waals surface area contributed by atoms with Gasteiger partial charge in [0.2, 0.25) is 0 Å². The van der Waals surface area contributed by atoms with Crippen molar-refractivity contribution >= 4 is 6.29 Å². The molecule has 0 atom stereocenters. The van der Waals surface area contributed by atoms with Gasteiger partial charge in [-0.25, -0.2) is 13.5 Å². The van der Waals surface area contributed by atoms with Crippen molar-refractivity contribution in [2.24, 2.45) is 0 Å². The van der Waals surface area contributed by atoms with E-state index in [9.17, 15) is 13.6 Å². The summed E-state index contributed by atoms with van der Waals surface area (Å²) in [4.78, 5) is 11.3. The first kappa shape index (κ1) is 14.9. The summed E-state index contributed by atoms with van der Waals surface area (Å²) in [6, 6.07) is 10.9. The normalized spacial score (nSPS) is 10.6. The van der Waals surface area contributed by atoms with Crippen molar-refractivity contribution in [3.8, 4) is 22.7 Å². The van der Waals surface area contributed by atoms with Crippen LogP contribution in [0, 0.1) is 11.6 Å². The zero-order valence-electron chi connectivity index (χ0n) is 12.2. The van der Waals surface area contributed by atoms with Crippen LogP contribution < -0.4 is 4.74 Å². The van der Waals surface area contributed by atoms with Crippen LogP contribution in [-0.4, -0.2) is 23.2 Å². The minimum absolute atomic E-state index is 0.0850. The van der Waals surface area contributed by atoms with Crippen LogP contribution in [0.1, 0.15) is 10.4 Å². The predicted octanol–water partition coefficient (Wildman–Crippen LogP) is 3.64. The third-order valence-corrected chi connectivity index (χ3v) is 3.36. The van der Waals surface area contributed by atoms with Crippen molar-refractivity contribution in [2.45, 2.75) is 0 Å². The number of methoxy groups -OCH3 is 1. The maximum absolute atomic E-state index is 13.9. The Balaban J connectivity index is 2.21. The number of para-hydroxylation sites is 1. The maximum Gasteiger partial charge on any atom is 0.168 e. The molecule has 3 rings (SSSR count). The number of halogens is 2. The third kappa shape index (κ3) is 2.70. The van der Waals surface area contributed by atoms with E-state index in [1.807, 2.05) is 18.2 Å². The summed E-state index contributed by atoms with van der Waals surface area (Å²) in [5.74, 6) is -1.79. The predicted molar refractivity (Wildman–Crippen MR) is 80.9 cm³/mol. The topological polar surface area (TPSA) is 44.1 Å². The Kier molecular flexibility index (Phi) is 3.89. The van der Waals surface area contributed by atoms with E-state index in [-0.39, 0.29) is 22.6 Å². The summed E-state index contributed by atoms with van der Waals surface area (Å²) in [7, 11) is 1.27. The quantitative estimate of drug-likeness (QED) is 0.691. The molecule has 0 unspecified atom stereocenters. The van der Waals surface area contributed by atoms with Gasteiger partial charge in [0.25, 0.3) is 0 Å². The molecule has 1 aromatic heterocycles. The fraction of sp³-hybridized carbons (Fsp3) is 0.0588. The van der Waals surface area contributed by atoms with Gasteiger partial charge < -0.3 is 4.74 Å². The highest BCUT2D eigenvalue weighted by Gasteiger charge is 2.20. The van der Waals surface area contributed by atoms with Crippen molar-refractivity contribution in [3.05, 3.63) is 65.9 Å². The number of carbonyl (C=O) groups excluding carboxylic acids is 1. The Hall–Kier alpha value is -3.02. The largest absolute Gasteiger partial charge is 0.493 e. The van der Waals surface area contributed by atoms with Crippen molar-refractivity contribution < 1.29 is 18.3 Å². The molecule has 4 nitrogen and oxygen atoms in total. The second-order valence-corrected chi connectivity index (χ2v) is 4.80. The molecular formula is C17H12F2N2O2. The van der Waals surface area contributed by atoms with E-state index in [0.29, 0.717) is 6.29 Å². The van der Waals surface area contributed by atoms with Crippen molar-refractivity contribution in [1.29, 1.82) is 0 Å². The minimum atomic E-state index is -0.853. The van der Waals surface area contributed by atoms with Crippen LogP contribution in [0.2, 0.25) is 0 Å². The number of benzene rings is 2. The number of rotatable bonds is 4. The van der Waals surface area contributed by atoms with E-state index in [2.05, 4.69) is 5.10 Å². The standard InChI is InChI=1S/C17H12F2N2O2/c1-23-17-14(7-12(18)8-15(17)19)16-11(10-22)9-21(20-16)13-5-3-2-4-6-13/h2-10H,1H3. The van der Waals surface area contributed by atoms with E-state index in [1.165, 1.54) is 18.0 Å². The Labute approximate surface area is 130 Å². The summed E-state index contributed by atoms with van der Waals surface area (Å²) >= 11 is 0. The minimum Gasteiger partial charge on any atom is -0.493 e. The highest BCUT2D eigenvalue weighted by molar-refractivity contribution is 5.87. The average Bonchev–Trinajstić information content (AvgIpc) is 2.99. The van der Waals surface area contributed by atoms with Crippen LogP contribution in [0.4, 0.5) is 8.78 Å². The Morgan fingerprint density at radius 3 is 2.57 bits per heavy atom. The average molecular weight is 314 g/mol. The fourth-order valence-electron chi connectivity index (χ4n) is 2.34. The molecule has 0 spiro atoms. The molecule has 0 saturated heterocycles. The highest BCUT2D eigenvalue weighted by Crippen LogP contribution is 2.34. The fourth-order valence-corrected chi connectivity index (χ4v) is 2.34. The van der Waals surface area contributed by atoms with E-state index in [4.69, 9.17) is 4.74 Å². The molecule has 0 fully saturated rings. The van der Waals surface area contributed by atoms with Crippen molar-refractivity contribution in [2.75, 3.05) is 7.11 Å². The first-order valence-electron chi connectivity index (χ1n) is 6.77. The van der Waals surface area contributed by atoms with E-state index < -0.39 is 11.6 Å². The molecule has 0 aliphatic rings. The molecule has 23 heavy (non-hydrogen) atoms.